The van der Waals surface area contributed by atoms with Crippen LogP contribution in [0.1, 0.15) is 0 Å². The van der Waals surface area contributed by atoms with Gasteiger partial charge in [-0.15, -0.1) is 0 Å². The minimum Gasteiger partial charge on any atom is -0.484 e. The minimum absolute atomic E-state index is 0.0236. The standard InChI is InChI=1S/C12H17NO4/c1-15-12(16-2)8-13-11(14)9-17-10-6-4-3-5-7-10/h3-7,12H,8-9H2,1-2H3,(H,13,14). The van der Waals surface area contributed by atoms with E-state index in [1.807, 2.05) is 18.2 Å². The van der Waals surface area contributed by atoms with Crippen LogP contribution in [0.25, 0.3) is 0 Å². The first-order valence-corrected chi connectivity index (χ1v) is 5.26. The van der Waals surface area contributed by atoms with Crippen molar-refractivity contribution in [3.05, 3.63) is 30.3 Å². The number of carbonyl (C=O) groups excluding carboxylic acids is 1. The third-order valence-corrected chi connectivity index (χ3v) is 2.10. The smallest absolute Gasteiger partial charge is 0.258 e. The molecule has 0 aliphatic heterocycles. The predicted molar refractivity (Wildman–Crippen MR) is 62.8 cm³/mol. The second-order valence-corrected chi connectivity index (χ2v) is 3.31. The molecule has 94 valence electrons. The zero-order valence-electron chi connectivity index (χ0n) is 10.0. The number of methoxy groups -OCH3 is 2. The number of amides is 1. The van der Waals surface area contributed by atoms with Crippen molar-refractivity contribution in [2.45, 2.75) is 6.29 Å². The topological polar surface area (TPSA) is 56.8 Å². The summed E-state index contributed by atoms with van der Waals surface area (Å²) in [7, 11) is 3.03. The molecule has 0 unspecified atom stereocenters. The maximum absolute atomic E-state index is 11.4. The molecule has 0 aliphatic rings. The van der Waals surface area contributed by atoms with Gasteiger partial charge in [0.25, 0.3) is 5.91 Å². The van der Waals surface area contributed by atoms with Gasteiger partial charge in [-0.1, -0.05) is 18.2 Å². The highest BCUT2D eigenvalue weighted by Gasteiger charge is 2.08. The van der Waals surface area contributed by atoms with E-state index in [9.17, 15) is 4.79 Å². The maximum Gasteiger partial charge on any atom is 0.258 e. The van der Waals surface area contributed by atoms with Crippen molar-refractivity contribution in [3.63, 3.8) is 0 Å². The molecule has 1 rings (SSSR count). The molecule has 0 aromatic heterocycles. The molecule has 0 atom stereocenters. The molecule has 0 aliphatic carbocycles. The van der Waals surface area contributed by atoms with E-state index in [-0.39, 0.29) is 12.5 Å². The van der Waals surface area contributed by atoms with Gasteiger partial charge < -0.3 is 19.5 Å². The molecule has 0 spiro atoms. The van der Waals surface area contributed by atoms with Gasteiger partial charge >= 0.3 is 0 Å². The quantitative estimate of drug-likeness (QED) is 0.715. The first-order chi connectivity index (χ1) is 8.26. The molecule has 1 amide bonds. The number of ether oxygens (including phenoxy) is 3. The molecule has 0 bridgehead atoms. The van der Waals surface area contributed by atoms with Crippen LogP contribution in [0.5, 0.6) is 5.75 Å². The van der Waals surface area contributed by atoms with Crippen LogP contribution in [-0.4, -0.2) is 39.6 Å². The Hall–Kier alpha value is -1.59. The van der Waals surface area contributed by atoms with Gasteiger partial charge in [-0.05, 0) is 12.1 Å². The largest absolute Gasteiger partial charge is 0.484 e. The summed E-state index contributed by atoms with van der Waals surface area (Å²) in [6.45, 7) is 0.272. The van der Waals surface area contributed by atoms with Crippen molar-refractivity contribution < 1.29 is 19.0 Å². The predicted octanol–water partition coefficient (Wildman–Crippen LogP) is 0.800. The summed E-state index contributed by atoms with van der Waals surface area (Å²) in [5, 5.41) is 2.64. The molecular formula is C12H17NO4. The third kappa shape index (κ3) is 5.33. The molecular weight excluding hydrogens is 222 g/mol. The molecule has 0 saturated carbocycles. The van der Waals surface area contributed by atoms with Crippen molar-refractivity contribution >= 4 is 5.91 Å². The molecule has 0 radical (unpaired) electrons. The van der Waals surface area contributed by atoms with Crippen LogP contribution in [0.3, 0.4) is 0 Å². The number of benzene rings is 1. The SMILES string of the molecule is COC(CNC(=O)COc1ccccc1)OC. The van der Waals surface area contributed by atoms with E-state index in [0.717, 1.165) is 0 Å². The zero-order chi connectivity index (χ0) is 12.5. The van der Waals surface area contributed by atoms with Gasteiger partial charge in [-0.2, -0.15) is 0 Å². The Bertz CT molecular complexity index is 325. The van der Waals surface area contributed by atoms with Crippen molar-refractivity contribution in [2.24, 2.45) is 0 Å². The Labute approximate surface area is 101 Å². The first-order valence-electron chi connectivity index (χ1n) is 5.26. The van der Waals surface area contributed by atoms with Gasteiger partial charge in [-0.25, -0.2) is 0 Å². The Kier molecular flexibility index (Phi) is 6.06. The molecule has 5 nitrogen and oxygen atoms in total. The molecule has 0 fully saturated rings. The lowest BCUT2D eigenvalue weighted by Crippen LogP contribution is -2.36. The van der Waals surface area contributed by atoms with E-state index in [4.69, 9.17) is 14.2 Å². The normalized spacial score (nSPS) is 10.3. The van der Waals surface area contributed by atoms with Crippen molar-refractivity contribution in [1.82, 2.24) is 5.32 Å². The van der Waals surface area contributed by atoms with Crippen LogP contribution in [0.15, 0.2) is 30.3 Å². The summed E-state index contributed by atoms with van der Waals surface area (Å²) in [4.78, 5) is 11.4. The van der Waals surface area contributed by atoms with Crippen LogP contribution in [0.2, 0.25) is 0 Å². The number of nitrogens with one attached hydrogen (secondary N) is 1. The Morgan fingerprint density at radius 2 is 1.88 bits per heavy atom. The molecule has 0 saturated heterocycles. The van der Waals surface area contributed by atoms with Crippen molar-refractivity contribution in [2.75, 3.05) is 27.4 Å². The fourth-order valence-electron chi connectivity index (χ4n) is 1.18. The van der Waals surface area contributed by atoms with Crippen LogP contribution in [-0.2, 0) is 14.3 Å². The number of hydrogen-bond acceptors (Lipinski definition) is 4. The number of hydrogen-bond donors (Lipinski definition) is 1. The summed E-state index contributed by atoms with van der Waals surface area (Å²) < 4.78 is 15.1. The van der Waals surface area contributed by atoms with E-state index < -0.39 is 6.29 Å². The minimum atomic E-state index is -0.435. The number of rotatable bonds is 7. The summed E-state index contributed by atoms with van der Waals surface area (Å²) in [6, 6.07) is 9.16. The molecule has 5 heteroatoms. The second kappa shape index (κ2) is 7.65. The molecule has 1 aromatic carbocycles. The second-order valence-electron chi connectivity index (χ2n) is 3.31. The summed E-state index contributed by atoms with van der Waals surface area (Å²) >= 11 is 0. The van der Waals surface area contributed by atoms with E-state index in [0.29, 0.717) is 12.3 Å². The van der Waals surface area contributed by atoms with Crippen molar-refractivity contribution in [1.29, 1.82) is 0 Å². The summed E-state index contributed by atoms with van der Waals surface area (Å²) in [6.07, 6.45) is -0.435. The molecule has 17 heavy (non-hydrogen) atoms. The van der Waals surface area contributed by atoms with E-state index >= 15 is 0 Å². The van der Waals surface area contributed by atoms with Crippen LogP contribution in [0.4, 0.5) is 0 Å². The highest BCUT2D eigenvalue weighted by molar-refractivity contribution is 5.77. The average molecular weight is 239 g/mol. The van der Waals surface area contributed by atoms with E-state index in [1.165, 1.54) is 14.2 Å². The van der Waals surface area contributed by atoms with Gasteiger partial charge in [0.05, 0.1) is 6.54 Å². The third-order valence-electron chi connectivity index (χ3n) is 2.10. The van der Waals surface area contributed by atoms with Crippen LogP contribution < -0.4 is 10.1 Å². The monoisotopic (exact) mass is 239 g/mol. The lowest BCUT2D eigenvalue weighted by atomic mass is 10.3. The fraction of sp³-hybridized carbons (Fsp3) is 0.417. The number of para-hydroxylation sites is 1. The molecule has 1 N–H and O–H groups in total. The average Bonchev–Trinajstić information content (AvgIpc) is 2.39. The maximum atomic E-state index is 11.4. The lowest BCUT2D eigenvalue weighted by Gasteiger charge is -2.14. The highest BCUT2D eigenvalue weighted by Crippen LogP contribution is 2.07. The fourth-order valence-corrected chi connectivity index (χ4v) is 1.18. The van der Waals surface area contributed by atoms with E-state index in [1.54, 1.807) is 12.1 Å². The van der Waals surface area contributed by atoms with Crippen LogP contribution in [0, 0.1) is 0 Å². The lowest BCUT2D eigenvalue weighted by molar-refractivity contribution is -0.129. The Morgan fingerprint density at radius 3 is 2.47 bits per heavy atom. The molecule has 1 aromatic rings. The highest BCUT2D eigenvalue weighted by atomic mass is 16.7. The number of carbonyl (C=O) groups is 1. The van der Waals surface area contributed by atoms with Gasteiger partial charge in [0.2, 0.25) is 0 Å². The van der Waals surface area contributed by atoms with Gasteiger partial charge in [0.15, 0.2) is 12.9 Å². The van der Waals surface area contributed by atoms with Gasteiger partial charge in [-0.3, -0.25) is 4.79 Å². The Morgan fingerprint density at radius 1 is 1.24 bits per heavy atom. The molecule has 0 heterocycles. The summed E-state index contributed by atoms with van der Waals surface area (Å²) in [5.74, 6) is 0.450. The first kappa shape index (κ1) is 13.5. The summed E-state index contributed by atoms with van der Waals surface area (Å²) in [5.41, 5.74) is 0. The van der Waals surface area contributed by atoms with Crippen molar-refractivity contribution in [3.8, 4) is 5.75 Å². The van der Waals surface area contributed by atoms with Gasteiger partial charge in [0.1, 0.15) is 5.75 Å². The van der Waals surface area contributed by atoms with Gasteiger partial charge in [0, 0.05) is 14.2 Å². The zero-order valence-corrected chi connectivity index (χ0v) is 10.0. The Balaban J connectivity index is 2.22. The van der Waals surface area contributed by atoms with E-state index in [2.05, 4.69) is 5.32 Å². The van der Waals surface area contributed by atoms with Crippen LogP contribution >= 0.6 is 0 Å².